The van der Waals surface area contributed by atoms with Gasteiger partial charge in [-0.2, -0.15) is 0 Å². The summed E-state index contributed by atoms with van der Waals surface area (Å²) in [5.41, 5.74) is 0.730. The number of likely N-dealkylation sites (tertiary alicyclic amines) is 1. The minimum atomic E-state index is -0.137. The van der Waals surface area contributed by atoms with Crippen LogP contribution in [0, 0.1) is 0 Å². The van der Waals surface area contributed by atoms with Crippen LogP contribution in [-0.2, 0) is 0 Å². The van der Waals surface area contributed by atoms with Gasteiger partial charge >= 0.3 is 6.03 Å². The molecule has 1 aliphatic carbocycles. The Bertz CT molecular complexity index is 508. The van der Waals surface area contributed by atoms with Gasteiger partial charge in [0.25, 0.3) is 0 Å². The normalized spacial score (nSPS) is 21.0. The smallest absolute Gasteiger partial charge is 0.319 e. The number of carbonyl (C=O) groups is 1. The molecular weight excluding hydrogens is 298 g/mol. The second-order valence-corrected chi connectivity index (χ2v) is 6.79. The molecule has 2 fully saturated rings. The lowest BCUT2D eigenvalue weighted by atomic mass is 10.0. The number of piperidine rings is 1. The molecule has 0 atom stereocenters. The zero-order chi connectivity index (χ0) is 15.4. The minimum Gasteiger partial charge on any atom is -0.335 e. The van der Waals surface area contributed by atoms with Crippen molar-refractivity contribution in [2.45, 2.75) is 50.6 Å². The third-order valence-corrected chi connectivity index (χ3v) is 5.02. The minimum absolute atomic E-state index is 0.137. The number of hydrogen-bond donors (Lipinski definition) is 2. The van der Waals surface area contributed by atoms with Crippen LogP contribution in [0.15, 0.2) is 24.3 Å². The molecule has 1 saturated heterocycles. The molecule has 1 saturated carbocycles. The Morgan fingerprint density at radius 2 is 1.86 bits per heavy atom. The molecule has 120 valence electrons. The Kier molecular flexibility index (Phi) is 5.21. The third-order valence-electron chi connectivity index (χ3n) is 4.79. The average Bonchev–Trinajstić information content (AvgIpc) is 3.02. The van der Waals surface area contributed by atoms with Crippen molar-refractivity contribution >= 4 is 23.3 Å². The number of amides is 2. The van der Waals surface area contributed by atoms with Gasteiger partial charge in [0.1, 0.15) is 0 Å². The number of anilines is 1. The molecule has 5 heteroatoms. The van der Waals surface area contributed by atoms with Crippen LogP contribution < -0.4 is 10.6 Å². The number of nitrogens with one attached hydrogen (secondary N) is 2. The lowest BCUT2D eigenvalue weighted by molar-refractivity contribution is 0.147. The maximum Gasteiger partial charge on any atom is 0.319 e. The summed E-state index contributed by atoms with van der Waals surface area (Å²) >= 11 is 5.92. The lowest BCUT2D eigenvalue weighted by Crippen LogP contribution is -2.48. The van der Waals surface area contributed by atoms with Crippen molar-refractivity contribution in [1.29, 1.82) is 0 Å². The van der Waals surface area contributed by atoms with Crippen LogP contribution in [-0.4, -0.2) is 36.1 Å². The Balaban J connectivity index is 1.43. The highest BCUT2D eigenvalue weighted by atomic mass is 35.5. The first-order valence-corrected chi connectivity index (χ1v) is 8.65. The number of carbonyl (C=O) groups excluding carboxylic acids is 1. The molecule has 1 heterocycles. The highest BCUT2D eigenvalue weighted by Gasteiger charge is 2.27. The number of nitrogens with zero attached hydrogens (tertiary/aromatic N) is 1. The van der Waals surface area contributed by atoms with Crippen LogP contribution in [0.1, 0.15) is 38.5 Å². The van der Waals surface area contributed by atoms with Crippen LogP contribution in [0.25, 0.3) is 0 Å². The van der Waals surface area contributed by atoms with E-state index in [1.54, 1.807) is 12.1 Å². The van der Waals surface area contributed by atoms with Crippen LogP contribution in [0.2, 0.25) is 5.02 Å². The standard InChI is InChI=1S/C17H24ClN3O/c18-13-4-3-5-15(12-13)20-17(22)19-14-8-10-21(11-9-14)16-6-1-2-7-16/h3-5,12,14,16H,1-2,6-11H2,(H2,19,20,22). The molecule has 2 aliphatic rings. The van der Waals surface area contributed by atoms with E-state index in [2.05, 4.69) is 15.5 Å². The molecule has 0 unspecified atom stereocenters. The van der Waals surface area contributed by atoms with Gasteiger partial charge in [0.05, 0.1) is 0 Å². The van der Waals surface area contributed by atoms with Gasteiger partial charge in [-0.1, -0.05) is 30.5 Å². The van der Waals surface area contributed by atoms with Crippen molar-refractivity contribution in [3.05, 3.63) is 29.3 Å². The molecule has 2 amide bonds. The summed E-state index contributed by atoms with van der Waals surface area (Å²) in [5, 5.41) is 6.55. The van der Waals surface area contributed by atoms with E-state index in [4.69, 9.17) is 11.6 Å². The molecule has 22 heavy (non-hydrogen) atoms. The number of rotatable bonds is 3. The summed E-state index contributed by atoms with van der Waals surface area (Å²) < 4.78 is 0. The second-order valence-electron chi connectivity index (χ2n) is 6.36. The largest absolute Gasteiger partial charge is 0.335 e. The fourth-order valence-corrected chi connectivity index (χ4v) is 3.79. The zero-order valence-electron chi connectivity index (χ0n) is 12.9. The van der Waals surface area contributed by atoms with E-state index < -0.39 is 0 Å². The van der Waals surface area contributed by atoms with Crippen LogP contribution in [0.4, 0.5) is 10.5 Å². The fraction of sp³-hybridized carbons (Fsp3) is 0.588. The zero-order valence-corrected chi connectivity index (χ0v) is 13.6. The van der Waals surface area contributed by atoms with E-state index in [1.807, 2.05) is 12.1 Å². The summed E-state index contributed by atoms with van der Waals surface area (Å²) in [5.74, 6) is 0. The molecule has 0 bridgehead atoms. The summed E-state index contributed by atoms with van der Waals surface area (Å²) in [6.07, 6.45) is 7.55. The highest BCUT2D eigenvalue weighted by Crippen LogP contribution is 2.26. The molecule has 0 aromatic heterocycles. The van der Waals surface area contributed by atoms with E-state index in [0.29, 0.717) is 5.02 Å². The topological polar surface area (TPSA) is 44.4 Å². The molecule has 0 radical (unpaired) electrons. The lowest BCUT2D eigenvalue weighted by Gasteiger charge is -2.36. The molecular formula is C17H24ClN3O. The number of hydrogen-bond acceptors (Lipinski definition) is 2. The molecule has 0 spiro atoms. The average molecular weight is 322 g/mol. The number of urea groups is 1. The number of halogens is 1. The monoisotopic (exact) mass is 321 g/mol. The van der Waals surface area contributed by atoms with Crippen molar-refractivity contribution in [2.75, 3.05) is 18.4 Å². The summed E-state index contributed by atoms with van der Waals surface area (Å²) in [6.45, 7) is 2.21. The first-order valence-electron chi connectivity index (χ1n) is 8.28. The van der Waals surface area contributed by atoms with Gasteiger partial charge in [0.15, 0.2) is 0 Å². The van der Waals surface area contributed by atoms with Gasteiger partial charge < -0.3 is 15.5 Å². The van der Waals surface area contributed by atoms with Gasteiger partial charge in [-0.05, 0) is 43.9 Å². The van der Waals surface area contributed by atoms with E-state index >= 15 is 0 Å². The summed E-state index contributed by atoms with van der Waals surface area (Å²) in [7, 11) is 0. The Labute approximate surface area is 137 Å². The maximum atomic E-state index is 12.1. The van der Waals surface area contributed by atoms with E-state index in [0.717, 1.165) is 37.7 Å². The summed E-state index contributed by atoms with van der Waals surface area (Å²) in [4.78, 5) is 14.7. The highest BCUT2D eigenvalue weighted by molar-refractivity contribution is 6.30. The first-order chi connectivity index (χ1) is 10.7. The van der Waals surface area contributed by atoms with Gasteiger partial charge in [-0.15, -0.1) is 0 Å². The van der Waals surface area contributed by atoms with E-state index in [1.165, 1.54) is 25.7 Å². The summed E-state index contributed by atoms with van der Waals surface area (Å²) in [6, 6.07) is 8.15. The van der Waals surface area contributed by atoms with Gasteiger partial charge in [-0.3, -0.25) is 0 Å². The second kappa shape index (κ2) is 7.34. The van der Waals surface area contributed by atoms with Crippen LogP contribution in [0.5, 0.6) is 0 Å². The van der Waals surface area contributed by atoms with Crippen LogP contribution >= 0.6 is 11.6 Å². The Morgan fingerprint density at radius 3 is 2.55 bits per heavy atom. The molecule has 2 N–H and O–H groups in total. The predicted molar refractivity (Wildman–Crippen MR) is 90.5 cm³/mol. The quantitative estimate of drug-likeness (QED) is 0.887. The molecule has 1 aromatic carbocycles. The Hall–Kier alpha value is -1.26. The first kappa shape index (κ1) is 15.6. The molecule has 1 aliphatic heterocycles. The van der Waals surface area contributed by atoms with Gasteiger partial charge in [0.2, 0.25) is 0 Å². The van der Waals surface area contributed by atoms with E-state index in [-0.39, 0.29) is 12.1 Å². The maximum absolute atomic E-state index is 12.1. The van der Waals surface area contributed by atoms with Crippen molar-refractivity contribution < 1.29 is 4.79 Å². The van der Waals surface area contributed by atoms with Crippen LogP contribution in [0.3, 0.4) is 0 Å². The Morgan fingerprint density at radius 1 is 1.14 bits per heavy atom. The molecule has 1 aromatic rings. The van der Waals surface area contributed by atoms with Crippen molar-refractivity contribution in [2.24, 2.45) is 0 Å². The third kappa shape index (κ3) is 4.14. The van der Waals surface area contributed by atoms with Gasteiger partial charge in [-0.25, -0.2) is 4.79 Å². The van der Waals surface area contributed by atoms with Gasteiger partial charge in [0, 0.05) is 35.9 Å². The molecule has 4 nitrogen and oxygen atoms in total. The van der Waals surface area contributed by atoms with Crippen molar-refractivity contribution in [3.63, 3.8) is 0 Å². The SMILES string of the molecule is O=C(Nc1cccc(Cl)c1)NC1CCN(C2CCCC2)CC1. The fourth-order valence-electron chi connectivity index (χ4n) is 3.60. The van der Waals surface area contributed by atoms with Crippen molar-refractivity contribution in [1.82, 2.24) is 10.2 Å². The van der Waals surface area contributed by atoms with E-state index in [9.17, 15) is 4.79 Å². The molecule has 3 rings (SSSR count). The predicted octanol–water partition coefficient (Wildman–Crippen LogP) is 3.87. The number of benzene rings is 1. The van der Waals surface area contributed by atoms with Crippen molar-refractivity contribution in [3.8, 4) is 0 Å².